The van der Waals surface area contributed by atoms with Gasteiger partial charge in [-0.3, -0.25) is 9.59 Å². The second kappa shape index (κ2) is 13.2. The van der Waals surface area contributed by atoms with Crippen LogP contribution in [0.3, 0.4) is 0 Å². The number of hydrogen-bond acceptors (Lipinski definition) is 4. The number of halogens is 1. The first-order valence-corrected chi connectivity index (χ1v) is 12.9. The van der Waals surface area contributed by atoms with Gasteiger partial charge in [-0.2, -0.15) is 0 Å². The molecule has 7 heteroatoms. The fourth-order valence-corrected chi connectivity index (χ4v) is 4.74. The van der Waals surface area contributed by atoms with Crippen molar-refractivity contribution in [2.24, 2.45) is 0 Å². The van der Waals surface area contributed by atoms with Crippen LogP contribution in [0, 0.1) is 0 Å². The molecule has 0 bridgehead atoms. The minimum Gasteiger partial charge on any atom is -0.497 e. The first kappa shape index (κ1) is 25.8. The summed E-state index contributed by atoms with van der Waals surface area (Å²) in [5.41, 5.74) is 3.06. The van der Waals surface area contributed by atoms with Crippen LogP contribution in [0.1, 0.15) is 16.7 Å². The summed E-state index contributed by atoms with van der Waals surface area (Å²) in [6, 6.07) is 24.8. The van der Waals surface area contributed by atoms with Gasteiger partial charge >= 0.3 is 0 Å². The molecule has 5 nitrogen and oxygen atoms in total. The number of likely N-dealkylation sites (N-methyl/N-ethyl adjacent to an activating group) is 1. The lowest BCUT2D eigenvalue weighted by atomic mass is 10.0. The van der Waals surface area contributed by atoms with Crippen LogP contribution >= 0.6 is 27.7 Å². The van der Waals surface area contributed by atoms with Gasteiger partial charge in [0.2, 0.25) is 11.8 Å². The predicted octanol–water partition coefficient (Wildman–Crippen LogP) is 5.08. The summed E-state index contributed by atoms with van der Waals surface area (Å²) < 4.78 is 6.38. The average molecular weight is 542 g/mol. The van der Waals surface area contributed by atoms with E-state index in [1.165, 1.54) is 0 Å². The Morgan fingerprint density at radius 1 is 0.971 bits per heavy atom. The largest absolute Gasteiger partial charge is 0.497 e. The highest BCUT2D eigenvalue weighted by Gasteiger charge is 2.29. The van der Waals surface area contributed by atoms with E-state index in [-0.39, 0.29) is 17.6 Å². The minimum atomic E-state index is -0.626. The molecule has 0 aliphatic heterocycles. The summed E-state index contributed by atoms with van der Waals surface area (Å²) >= 11 is 4.99. The third-order valence-electron chi connectivity index (χ3n) is 5.41. The number of carbonyl (C=O) groups excluding carboxylic acids is 2. The SMILES string of the molecule is CNC(=O)C(Cc1ccccc1)N(Cc1cccc(OC)c1)C(=O)CSCc1ccc(Br)cc1. The summed E-state index contributed by atoms with van der Waals surface area (Å²) in [7, 11) is 3.22. The highest BCUT2D eigenvalue weighted by Crippen LogP contribution is 2.21. The molecule has 0 aromatic heterocycles. The zero-order valence-corrected chi connectivity index (χ0v) is 21.8. The van der Waals surface area contributed by atoms with Gasteiger partial charge in [-0.25, -0.2) is 0 Å². The summed E-state index contributed by atoms with van der Waals surface area (Å²) in [5, 5.41) is 2.75. The maximum absolute atomic E-state index is 13.5. The Balaban J connectivity index is 1.81. The molecule has 0 saturated carbocycles. The smallest absolute Gasteiger partial charge is 0.242 e. The van der Waals surface area contributed by atoms with Gasteiger partial charge in [0, 0.05) is 30.2 Å². The van der Waals surface area contributed by atoms with E-state index in [4.69, 9.17) is 4.74 Å². The van der Waals surface area contributed by atoms with E-state index in [9.17, 15) is 9.59 Å². The highest BCUT2D eigenvalue weighted by atomic mass is 79.9. The highest BCUT2D eigenvalue weighted by molar-refractivity contribution is 9.10. The summed E-state index contributed by atoms with van der Waals surface area (Å²) in [5.74, 6) is 1.46. The molecule has 1 N–H and O–H groups in total. The summed E-state index contributed by atoms with van der Waals surface area (Å²) in [4.78, 5) is 28.1. The second-order valence-electron chi connectivity index (χ2n) is 7.81. The molecule has 0 radical (unpaired) electrons. The Hall–Kier alpha value is -2.77. The Kier molecular flexibility index (Phi) is 10.0. The van der Waals surface area contributed by atoms with Gasteiger partial charge in [0.25, 0.3) is 0 Å². The van der Waals surface area contributed by atoms with E-state index in [0.29, 0.717) is 18.7 Å². The molecule has 1 atom stereocenters. The molecule has 1 unspecified atom stereocenters. The molecule has 0 aliphatic rings. The molecule has 0 aliphatic carbocycles. The molecule has 178 valence electrons. The number of nitrogens with one attached hydrogen (secondary N) is 1. The van der Waals surface area contributed by atoms with Gasteiger partial charge in [0.15, 0.2) is 0 Å². The van der Waals surface area contributed by atoms with Gasteiger partial charge in [-0.15, -0.1) is 11.8 Å². The molecule has 0 spiro atoms. The molecule has 3 aromatic carbocycles. The topological polar surface area (TPSA) is 58.6 Å². The summed E-state index contributed by atoms with van der Waals surface area (Å²) in [6.45, 7) is 0.319. The fraction of sp³-hybridized carbons (Fsp3) is 0.259. The lowest BCUT2D eigenvalue weighted by Crippen LogP contribution is -2.50. The monoisotopic (exact) mass is 540 g/mol. The van der Waals surface area contributed by atoms with Gasteiger partial charge in [-0.1, -0.05) is 70.5 Å². The Labute approximate surface area is 214 Å². The first-order valence-electron chi connectivity index (χ1n) is 11.0. The van der Waals surface area contributed by atoms with Crippen molar-refractivity contribution < 1.29 is 14.3 Å². The molecule has 0 heterocycles. The molecular weight excluding hydrogens is 512 g/mol. The van der Waals surface area contributed by atoms with Crippen LogP contribution in [-0.4, -0.2) is 42.7 Å². The fourth-order valence-electron chi connectivity index (χ4n) is 3.61. The molecular formula is C27H29BrN2O3S. The van der Waals surface area contributed by atoms with E-state index in [0.717, 1.165) is 26.9 Å². The van der Waals surface area contributed by atoms with Gasteiger partial charge < -0.3 is 15.0 Å². The lowest BCUT2D eigenvalue weighted by molar-refractivity contribution is -0.139. The zero-order valence-electron chi connectivity index (χ0n) is 19.4. The van der Waals surface area contributed by atoms with Crippen LogP contribution in [0.2, 0.25) is 0 Å². The first-order chi connectivity index (χ1) is 16.5. The summed E-state index contributed by atoms with van der Waals surface area (Å²) in [6.07, 6.45) is 0.438. The van der Waals surface area contributed by atoms with Crippen LogP contribution in [0.25, 0.3) is 0 Å². The van der Waals surface area contributed by atoms with Crippen molar-refractivity contribution in [1.29, 1.82) is 0 Å². The van der Waals surface area contributed by atoms with Crippen molar-refractivity contribution in [3.8, 4) is 5.75 Å². The third kappa shape index (κ3) is 7.64. The quantitative estimate of drug-likeness (QED) is 0.368. The number of benzene rings is 3. The van der Waals surface area contributed by atoms with Crippen LogP contribution in [0.4, 0.5) is 0 Å². The van der Waals surface area contributed by atoms with Crippen LogP contribution in [0.5, 0.6) is 5.75 Å². The Morgan fingerprint density at radius 3 is 2.35 bits per heavy atom. The second-order valence-corrected chi connectivity index (χ2v) is 9.71. The Bertz CT molecular complexity index is 1080. The van der Waals surface area contributed by atoms with Crippen molar-refractivity contribution in [2.45, 2.75) is 24.8 Å². The molecule has 34 heavy (non-hydrogen) atoms. The van der Waals surface area contributed by atoms with E-state index in [1.54, 1.807) is 30.8 Å². The van der Waals surface area contributed by atoms with Crippen LogP contribution in [-0.2, 0) is 28.3 Å². The van der Waals surface area contributed by atoms with E-state index >= 15 is 0 Å². The van der Waals surface area contributed by atoms with E-state index in [1.807, 2.05) is 78.9 Å². The van der Waals surface area contributed by atoms with Crippen molar-refractivity contribution in [2.75, 3.05) is 19.9 Å². The number of ether oxygens (including phenoxy) is 1. The van der Waals surface area contributed by atoms with Crippen molar-refractivity contribution in [1.82, 2.24) is 10.2 Å². The average Bonchev–Trinajstić information content (AvgIpc) is 2.87. The lowest BCUT2D eigenvalue weighted by Gasteiger charge is -2.31. The minimum absolute atomic E-state index is 0.0746. The number of rotatable bonds is 11. The van der Waals surface area contributed by atoms with Gasteiger partial charge in [0.1, 0.15) is 11.8 Å². The van der Waals surface area contributed by atoms with Crippen LogP contribution < -0.4 is 10.1 Å². The molecule has 0 saturated heterocycles. The molecule has 3 aromatic rings. The van der Waals surface area contributed by atoms with Crippen molar-refractivity contribution >= 4 is 39.5 Å². The van der Waals surface area contributed by atoms with E-state index in [2.05, 4.69) is 21.2 Å². The number of carbonyl (C=O) groups is 2. The number of amides is 2. The predicted molar refractivity (Wildman–Crippen MR) is 142 cm³/mol. The number of thioether (sulfide) groups is 1. The Morgan fingerprint density at radius 2 is 1.68 bits per heavy atom. The van der Waals surface area contributed by atoms with Crippen molar-refractivity contribution in [3.05, 3.63) is 100 Å². The normalized spacial score (nSPS) is 11.5. The molecule has 2 amide bonds. The number of hydrogen-bond donors (Lipinski definition) is 1. The van der Waals surface area contributed by atoms with Gasteiger partial charge in [-0.05, 0) is 41.0 Å². The third-order valence-corrected chi connectivity index (χ3v) is 6.93. The van der Waals surface area contributed by atoms with E-state index < -0.39 is 6.04 Å². The maximum Gasteiger partial charge on any atom is 0.242 e. The van der Waals surface area contributed by atoms with Crippen LogP contribution in [0.15, 0.2) is 83.3 Å². The van der Waals surface area contributed by atoms with Gasteiger partial charge in [0.05, 0.1) is 12.9 Å². The standard InChI is InChI=1S/C27H29BrN2O3S/c1-29-27(32)25(16-20-7-4-3-5-8-20)30(17-22-9-6-10-24(15-22)33-2)26(31)19-34-18-21-11-13-23(28)14-12-21/h3-15,25H,16-19H2,1-2H3,(H,29,32). The molecule has 0 fully saturated rings. The van der Waals surface area contributed by atoms with Crippen molar-refractivity contribution in [3.63, 3.8) is 0 Å². The zero-order chi connectivity index (χ0) is 24.3. The number of nitrogens with zero attached hydrogens (tertiary/aromatic N) is 1. The number of methoxy groups -OCH3 is 1. The maximum atomic E-state index is 13.5. The molecule has 3 rings (SSSR count).